The predicted molar refractivity (Wildman–Crippen MR) is 73.7 cm³/mol. The summed E-state index contributed by atoms with van der Waals surface area (Å²) < 4.78 is 5.33. The zero-order valence-electron chi connectivity index (χ0n) is 12.1. The number of benzene rings is 1. The van der Waals surface area contributed by atoms with E-state index in [2.05, 4.69) is 11.4 Å². The summed E-state index contributed by atoms with van der Waals surface area (Å²) in [6.45, 7) is 9.32. The minimum atomic E-state index is -0.457. The van der Waals surface area contributed by atoms with Gasteiger partial charge < -0.3 is 10.1 Å². The van der Waals surface area contributed by atoms with Gasteiger partial charge >= 0.3 is 6.09 Å². The average Bonchev–Trinajstić information content (AvgIpc) is 2.26. The number of hydrogen-bond donors (Lipinski definition) is 1. The molecule has 19 heavy (non-hydrogen) atoms. The van der Waals surface area contributed by atoms with Crippen LogP contribution >= 0.6 is 0 Å². The van der Waals surface area contributed by atoms with Crippen molar-refractivity contribution in [1.29, 1.82) is 5.26 Å². The largest absolute Gasteiger partial charge is 0.442 e. The summed E-state index contributed by atoms with van der Waals surface area (Å²) >= 11 is 0. The first kappa shape index (κ1) is 15.0. The van der Waals surface area contributed by atoms with Gasteiger partial charge in [0.2, 0.25) is 0 Å². The minimum Gasteiger partial charge on any atom is -0.442 e. The van der Waals surface area contributed by atoms with Gasteiger partial charge in [0.1, 0.15) is 6.10 Å². The Labute approximate surface area is 114 Å². The number of carbonyl (C=O) groups is 1. The van der Waals surface area contributed by atoms with Crippen LogP contribution in [0.3, 0.4) is 0 Å². The van der Waals surface area contributed by atoms with E-state index < -0.39 is 12.2 Å². The molecule has 0 spiro atoms. The molecule has 0 saturated heterocycles. The number of carbonyl (C=O) groups excluding carboxylic acids is 1. The second-order valence-corrected chi connectivity index (χ2v) is 5.55. The Bertz CT molecular complexity index is 510. The number of nitrogens with one attached hydrogen (secondary N) is 1. The Hall–Kier alpha value is -2.02. The lowest BCUT2D eigenvalue weighted by Crippen LogP contribution is -2.41. The molecule has 0 fully saturated rings. The highest BCUT2D eigenvalue weighted by Crippen LogP contribution is 2.23. The molecule has 0 aliphatic carbocycles. The highest BCUT2D eigenvalue weighted by molar-refractivity contribution is 5.68. The number of alkyl carbamates (subject to hydrolysis) is 1. The number of ether oxygens (including phenoxy) is 1. The summed E-state index contributed by atoms with van der Waals surface area (Å²) in [5.74, 6) is 0. The fourth-order valence-corrected chi connectivity index (χ4v) is 1.77. The first-order valence-corrected chi connectivity index (χ1v) is 6.23. The van der Waals surface area contributed by atoms with Crippen molar-refractivity contribution >= 4 is 6.09 Å². The number of rotatable bonds is 2. The van der Waals surface area contributed by atoms with Crippen molar-refractivity contribution in [3.05, 3.63) is 34.9 Å². The van der Waals surface area contributed by atoms with Crippen molar-refractivity contribution in [2.24, 2.45) is 0 Å². The molecule has 0 aliphatic rings. The van der Waals surface area contributed by atoms with Crippen LogP contribution in [0, 0.1) is 18.3 Å². The van der Waals surface area contributed by atoms with E-state index in [9.17, 15) is 4.79 Å². The van der Waals surface area contributed by atoms with Crippen LogP contribution in [0.5, 0.6) is 0 Å². The lowest BCUT2D eigenvalue weighted by atomic mass is 10.00. The quantitative estimate of drug-likeness (QED) is 0.885. The van der Waals surface area contributed by atoms with Crippen LogP contribution in [0.1, 0.15) is 50.5 Å². The number of amides is 1. The molecular weight excluding hydrogens is 240 g/mol. The van der Waals surface area contributed by atoms with Crippen molar-refractivity contribution in [2.75, 3.05) is 0 Å². The molecule has 1 atom stereocenters. The van der Waals surface area contributed by atoms with E-state index in [1.54, 1.807) is 19.1 Å². The Morgan fingerprint density at radius 1 is 1.42 bits per heavy atom. The molecule has 0 bridgehead atoms. The number of hydrogen-bond acceptors (Lipinski definition) is 3. The van der Waals surface area contributed by atoms with Crippen LogP contribution in [0.25, 0.3) is 0 Å². The van der Waals surface area contributed by atoms with Crippen molar-refractivity contribution in [1.82, 2.24) is 5.32 Å². The Morgan fingerprint density at radius 3 is 2.58 bits per heavy atom. The van der Waals surface area contributed by atoms with Gasteiger partial charge in [-0.05, 0) is 51.8 Å². The Balaban J connectivity index is 2.82. The standard InChI is InChI=1S/C15H20N2O2/c1-10-12(9-16)7-6-8-13(10)11(2)19-14(18)17-15(3,4)5/h6-8,11H,1-5H3,(H,17,18)/t11-/m1/s1. The monoisotopic (exact) mass is 260 g/mol. The van der Waals surface area contributed by atoms with Gasteiger partial charge in [0.25, 0.3) is 0 Å². The smallest absolute Gasteiger partial charge is 0.408 e. The van der Waals surface area contributed by atoms with E-state index in [0.29, 0.717) is 5.56 Å². The minimum absolute atomic E-state index is 0.333. The third-order valence-corrected chi connectivity index (χ3v) is 2.69. The van der Waals surface area contributed by atoms with Crippen LogP contribution in [0.4, 0.5) is 4.79 Å². The zero-order chi connectivity index (χ0) is 14.6. The van der Waals surface area contributed by atoms with Gasteiger partial charge in [-0.1, -0.05) is 12.1 Å². The van der Waals surface area contributed by atoms with Crippen LogP contribution < -0.4 is 5.32 Å². The van der Waals surface area contributed by atoms with E-state index in [0.717, 1.165) is 11.1 Å². The molecule has 4 heteroatoms. The molecule has 0 saturated carbocycles. The third kappa shape index (κ3) is 4.29. The van der Waals surface area contributed by atoms with Gasteiger partial charge in [0.15, 0.2) is 0 Å². The van der Waals surface area contributed by atoms with E-state index in [4.69, 9.17) is 10.00 Å². The highest BCUT2D eigenvalue weighted by atomic mass is 16.6. The van der Waals surface area contributed by atoms with E-state index in [1.165, 1.54) is 0 Å². The van der Waals surface area contributed by atoms with Crippen molar-refractivity contribution in [2.45, 2.75) is 46.3 Å². The molecule has 0 aliphatic heterocycles. The van der Waals surface area contributed by atoms with Gasteiger partial charge in [-0.25, -0.2) is 4.79 Å². The van der Waals surface area contributed by atoms with Gasteiger partial charge in [-0.15, -0.1) is 0 Å². The summed E-state index contributed by atoms with van der Waals surface area (Å²) in [7, 11) is 0. The first-order valence-electron chi connectivity index (χ1n) is 6.23. The molecule has 1 aromatic rings. The SMILES string of the molecule is Cc1c(C#N)cccc1[C@@H](C)OC(=O)NC(C)(C)C. The van der Waals surface area contributed by atoms with Gasteiger partial charge in [0.05, 0.1) is 11.6 Å². The van der Waals surface area contributed by atoms with E-state index >= 15 is 0 Å². The van der Waals surface area contributed by atoms with Crippen molar-refractivity contribution in [3.8, 4) is 6.07 Å². The summed E-state index contributed by atoms with van der Waals surface area (Å²) in [5, 5.41) is 11.7. The fraction of sp³-hybridized carbons (Fsp3) is 0.467. The van der Waals surface area contributed by atoms with Crippen LogP contribution in [0.2, 0.25) is 0 Å². The number of nitriles is 1. The van der Waals surface area contributed by atoms with E-state index in [-0.39, 0.29) is 5.54 Å². The molecule has 1 N–H and O–H groups in total. The topological polar surface area (TPSA) is 62.1 Å². The average molecular weight is 260 g/mol. The maximum Gasteiger partial charge on any atom is 0.408 e. The maximum atomic E-state index is 11.7. The lowest BCUT2D eigenvalue weighted by Gasteiger charge is -2.23. The molecule has 1 rings (SSSR count). The lowest BCUT2D eigenvalue weighted by molar-refractivity contribution is 0.0997. The van der Waals surface area contributed by atoms with Crippen molar-refractivity contribution < 1.29 is 9.53 Å². The second-order valence-electron chi connectivity index (χ2n) is 5.55. The maximum absolute atomic E-state index is 11.7. The van der Waals surface area contributed by atoms with Crippen LogP contribution in [0.15, 0.2) is 18.2 Å². The molecule has 102 valence electrons. The molecule has 0 radical (unpaired) electrons. The van der Waals surface area contributed by atoms with E-state index in [1.807, 2.05) is 33.8 Å². The van der Waals surface area contributed by atoms with Crippen LogP contribution in [-0.2, 0) is 4.74 Å². The molecule has 0 aromatic heterocycles. The molecule has 1 amide bonds. The van der Waals surface area contributed by atoms with Gasteiger partial charge in [0, 0.05) is 5.54 Å². The molecule has 1 aromatic carbocycles. The first-order chi connectivity index (χ1) is 8.74. The molecule has 0 unspecified atom stereocenters. The summed E-state index contributed by atoms with van der Waals surface area (Å²) in [6.07, 6.45) is -0.850. The number of nitrogens with zero attached hydrogens (tertiary/aromatic N) is 1. The molecule has 4 nitrogen and oxygen atoms in total. The van der Waals surface area contributed by atoms with Crippen LogP contribution in [-0.4, -0.2) is 11.6 Å². The summed E-state index contributed by atoms with van der Waals surface area (Å²) in [5.41, 5.74) is 1.97. The molecule has 0 heterocycles. The summed E-state index contributed by atoms with van der Waals surface area (Å²) in [4.78, 5) is 11.7. The van der Waals surface area contributed by atoms with Gasteiger partial charge in [-0.3, -0.25) is 0 Å². The highest BCUT2D eigenvalue weighted by Gasteiger charge is 2.19. The normalized spacial score (nSPS) is 12.4. The Morgan fingerprint density at radius 2 is 2.05 bits per heavy atom. The molecular formula is C15H20N2O2. The second kappa shape index (κ2) is 5.75. The predicted octanol–water partition coefficient (Wildman–Crippen LogP) is 3.45. The Kier molecular flexibility index (Phi) is 4.55. The van der Waals surface area contributed by atoms with Crippen molar-refractivity contribution in [3.63, 3.8) is 0 Å². The zero-order valence-corrected chi connectivity index (χ0v) is 12.1. The summed E-state index contributed by atoms with van der Waals surface area (Å²) in [6, 6.07) is 7.54. The third-order valence-electron chi connectivity index (χ3n) is 2.69. The fourth-order valence-electron chi connectivity index (χ4n) is 1.77. The van der Waals surface area contributed by atoms with Gasteiger partial charge in [-0.2, -0.15) is 5.26 Å².